The summed E-state index contributed by atoms with van der Waals surface area (Å²) in [4.78, 5) is 13.1. The van der Waals surface area contributed by atoms with E-state index in [1.54, 1.807) is 6.08 Å². The molecule has 0 saturated carbocycles. The minimum atomic E-state index is -0.821. The molecule has 1 aliphatic carbocycles. The third kappa shape index (κ3) is 2.36. The van der Waals surface area contributed by atoms with Crippen molar-refractivity contribution >= 4 is 5.97 Å². The minimum absolute atomic E-state index is 0.000640. The molecule has 0 heterocycles. The van der Waals surface area contributed by atoms with Gasteiger partial charge in [-0.2, -0.15) is 0 Å². The Morgan fingerprint density at radius 3 is 2.10 bits per heavy atom. The first kappa shape index (κ1) is 13.6. The Morgan fingerprint density at radius 1 is 1.10 bits per heavy atom. The van der Waals surface area contributed by atoms with Crippen molar-refractivity contribution < 1.29 is 9.90 Å². The highest BCUT2D eigenvalue weighted by molar-refractivity contribution is 5.79. The van der Waals surface area contributed by atoms with Crippen LogP contribution in [-0.4, -0.2) is 29.1 Å². The molecule has 0 atom stereocenters. The highest BCUT2D eigenvalue weighted by Crippen LogP contribution is 2.45. The second-order valence-electron chi connectivity index (χ2n) is 5.19. The molecule has 0 radical (unpaired) electrons. The molecule has 1 N–H and O–H groups in total. The topological polar surface area (TPSA) is 40.5 Å². The molecule has 0 bridgehead atoms. The van der Waals surface area contributed by atoms with Crippen LogP contribution in [0.2, 0.25) is 0 Å². The Kier molecular flexibility index (Phi) is 3.59. The van der Waals surface area contributed by atoms with E-state index in [2.05, 4.69) is 30.8 Å². The van der Waals surface area contributed by atoms with Gasteiger partial charge < -0.3 is 5.11 Å². The standard InChI is InChI=1S/C18H17NO2/c1-2-11-19(12-17(20)21)18-15-9-5-3-7-13(15)14-8-4-6-10-16(14)18/h2-10,18H,1,11-12H2,(H,20,21). The summed E-state index contributed by atoms with van der Waals surface area (Å²) in [7, 11) is 0. The smallest absolute Gasteiger partial charge is 0.317 e. The van der Waals surface area contributed by atoms with Crippen LogP contribution in [0.15, 0.2) is 61.2 Å². The van der Waals surface area contributed by atoms with E-state index in [0.29, 0.717) is 6.54 Å². The van der Waals surface area contributed by atoms with E-state index >= 15 is 0 Å². The molecule has 0 unspecified atom stereocenters. The van der Waals surface area contributed by atoms with E-state index in [0.717, 1.165) is 0 Å². The second kappa shape index (κ2) is 5.54. The highest BCUT2D eigenvalue weighted by Gasteiger charge is 2.32. The van der Waals surface area contributed by atoms with Gasteiger partial charge in [0, 0.05) is 6.54 Å². The lowest BCUT2D eigenvalue weighted by Gasteiger charge is -2.27. The molecule has 0 aliphatic heterocycles. The first-order valence-electron chi connectivity index (χ1n) is 6.97. The SMILES string of the molecule is C=CCN(CC(=O)O)C1c2ccccc2-c2ccccc21. The summed E-state index contributed by atoms with van der Waals surface area (Å²) in [6, 6.07) is 16.4. The van der Waals surface area contributed by atoms with E-state index in [4.69, 9.17) is 0 Å². The molecule has 106 valence electrons. The summed E-state index contributed by atoms with van der Waals surface area (Å²) < 4.78 is 0. The molecule has 3 rings (SSSR count). The lowest BCUT2D eigenvalue weighted by molar-refractivity contribution is -0.138. The average molecular weight is 279 g/mol. The first-order chi connectivity index (χ1) is 10.2. The van der Waals surface area contributed by atoms with Crippen molar-refractivity contribution in [1.29, 1.82) is 0 Å². The van der Waals surface area contributed by atoms with Gasteiger partial charge in [0.2, 0.25) is 0 Å². The molecule has 3 heteroatoms. The summed E-state index contributed by atoms with van der Waals surface area (Å²) in [5, 5.41) is 9.19. The predicted octanol–water partition coefficient (Wildman–Crippen LogP) is 3.33. The maximum atomic E-state index is 11.2. The van der Waals surface area contributed by atoms with Crippen molar-refractivity contribution in [2.45, 2.75) is 6.04 Å². The Bertz CT molecular complexity index is 648. The summed E-state index contributed by atoms with van der Waals surface area (Å²) in [6.45, 7) is 4.30. The van der Waals surface area contributed by atoms with Crippen LogP contribution in [0.5, 0.6) is 0 Å². The molecular weight excluding hydrogens is 262 g/mol. The third-order valence-electron chi connectivity index (χ3n) is 3.87. The zero-order chi connectivity index (χ0) is 14.8. The summed E-state index contributed by atoms with van der Waals surface area (Å²) >= 11 is 0. The third-order valence-corrected chi connectivity index (χ3v) is 3.87. The van der Waals surface area contributed by atoms with Gasteiger partial charge in [0.15, 0.2) is 0 Å². The molecular formula is C18H17NO2. The van der Waals surface area contributed by atoms with Gasteiger partial charge in [0.1, 0.15) is 0 Å². The lowest BCUT2D eigenvalue weighted by Crippen LogP contribution is -2.33. The Balaban J connectivity index is 2.12. The zero-order valence-corrected chi connectivity index (χ0v) is 11.7. The fraction of sp³-hybridized carbons (Fsp3) is 0.167. The number of nitrogens with zero attached hydrogens (tertiary/aromatic N) is 1. The lowest BCUT2D eigenvalue weighted by atomic mass is 10.0. The van der Waals surface area contributed by atoms with Crippen molar-refractivity contribution in [2.75, 3.05) is 13.1 Å². The van der Waals surface area contributed by atoms with Crippen LogP contribution in [0.1, 0.15) is 17.2 Å². The molecule has 2 aromatic rings. The van der Waals surface area contributed by atoms with Crippen molar-refractivity contribution in [1.82, 2.24) is 4.90 Å². The largest absolute Gasteiger partial charge is 0.480 e. The van der Waals surface area contributed by atoms with Crippen molar-refractivity contribution in [3.8, 4) is 11.1 Å². The van der Waals surface area contributed by atoms with Gasteiger partial charge in [-0.05, 0) is 22.3 Å². The van der Waals surface area contributed by atoms with E-state index in [-0.39, 0.29) is 12.6 Å². The average Bonchev–Trinajstić information content (AvgIpc) is 2.81. The van der Waals surface area contributed by atoms with Crippen LogP contribution in [0.25, 0.3) is 11.1 Å². The van der Waals surface area contributed by atoms with Gasteiger partial charge >= 0.3 is 5.97 Å². The molecule has 0 fully saturated rings. The Labute approximate surface area is 124 Å². The fourth-order valence-electron chi connectivity index (χ4n) is 3.12. The van der Waals surface area contributed by atoms with E-state index < -0.39 is 5.97 Å². The van der Waals surface area contributed by atoms with Gasteiger partial charge in [-0.15, -0.1) is 6.58 Å². The molecule has 0 aromatic heterocycles. The number of rotatable bonds is 5. The maximum Gasteiger partial charge on any atom is 0.317 e. The molecule has 1 aliphatic rings. The number of carboxylic acids is 1. The van der Waals surface area contributed by atoms with Crippen molar-refractivity contribution in [3.05, 3.63) is 72.3 Å². The maximum absolute atomic E-state index is 11.2. The van der Waals surface area contributed by atoms with Gasteiger partial charge in [-0.1, -0.05) is 54.6 Å². The van der Waals surface area contributed by atoms with Crippen LogP contribution >= 0.6 is 0 Å². The summed E-state index contributed by atoms with van der Waals surface area (Å²) in [5.41, 5.74) is 4.72. The van der Waals surface area contributed by atoms with Crippen molar-refractivity contribution in [3.63, 3.8) is 0 Å². The van der Waals surface area contributed by atoms with E-state index in [9.17, 15) is 9.90 Å². The highest BCUT2D eigenvalue weighted by atomic mass is 16.4. The van der Waals surface area contributed by atoms with Gasteiger partial charge in [0.25, 0.3) is 0 Å². The fourth-order valence-corrected chi connectivity index (χ4v) is 3.12. The molecule has 0 saturated heterocycles. The summed E-state index contributed by atoms with van der Waals surface area (Å²) in [6.07, 6.45) is 1.76. The molecule has 21 heavy (non-hydrogen) atoms. The normalized spacial score (nSPS) is 13.0. The number of fused-ring (bicyclic) bond motifs is 3. The van der Waals surface area contributed by atoms with Crippen LogP contribution in [0.3, 0.4) is 0 Å². The predicted molar refractivity (Wildman–Crippen MR) is 83.1 cm³/mol. The number of carboxylic acid groups (broad SMARTS) is 1. The zero-order valence-electron chi connectivity index (χ0n) is 11.7. The van der Waals surface area contributed by atoms with Crippen LogP contribution < -0.4 is 0 Å². The second-order valence-corrected chi connectivity index (χ2v) is 5.19. The number of aliphatic carboxylic acids is 1. The number of benzene rings is 2. The monoisotopic (exact) mass is 279 g/mol. The minimum Gasteiger partial charge on any atom is -0.480 e. The number of hydrogen-bond acceptors (Lipinski definition) is 2. The molecule has 0 spiro atoms. The summed E-state index contributed by atoms with van der Waals surface area (Å²) in [5.74, 6) is -0.821. The number of hydrogen-bond donors (Lipinski definition) is 1. The van der Waals surface area contributed by atoms with Crippen LogP contribution in [0, 0.1) is 0 Å². The van der Waals surface area contributed by atoms with Crippen LogP contribution in [-0.2, 0) is 4.79 Å². The van der Waals surface area contributed by atoms with Gasteiger partial charge in [-0.25, -0.2) is 0 Å². The Hall–Kier alpha value is -2.39. The van der Waals surface area contributed by atoms with Gasteiger partial charge in [0.05, 0.1) is 12.6 Å². The molecule has 3 nitrogen and oxygen atoms in total. The van der Waals surface area contributed by atoms with Crippen molar-refractivity contribution in [2.24, 2.45) is 0 Å². The molecule has 2 aromatic carbocycles. The van der Waals surface area contributed by atoms with Crippen LogP contribution in [0.4, 0.5) is 0 Å². The van der Waals surface area contributed by atoms with E-state index in [1.807, 2.05) is 29.2 Å². The molecule has 0 amide bonds. The number of carbonyl (C=O) groups is 1. The quantitative estimate of drug-likeness (QED) is 0.853. The van der Waals surface area contributed by atoms with E-state index in [1.165, 1.54) is 22.3 Å². The first-order valence-corrected chi connectivity index (χ1v) is 6.97. The Morgan fingerprint density at radius 2 is 1.62 bits per heavy atom. The van der Waals surface area contributed by atoms with Gasteiger partial charge in [-0.3, -0.25) is 9.69 Å².